The summed E-state index contributed by atoms with van der Waals surface area (Å²) >= 11 is 0. The van der Waals surface area contributed by atoms with Crippen molar-refractivity contribution in [2.75, 3.05) is 19.6 Å². The van der Waals surface area contributed by atoms with Gasteiger partial charge in [0.05, 0.1) is 0 Å². The summed E-state index contributed by atoms with van der Waals surface area (Å²) in [7, 11) is 0. The van der Waals surface area contributed by atoms with E-state index < -0.39 is 18.3 Å². The Hall–Kier alpha value is -0.850. The first-order valence-electron chi connectivity index (χ1n) is 5.05. The van der Waals surface area contributed by atoms with E-state index in [-0.39, 0.29) is 19.0 Å². The number of nitrogens with two attached hydrogens (primary N) is 1. The first kappa shape index (κ1) is 13.2. The Morgan fingerprint density at radius 3 is 2.25 bits per heavy atom. The number of likely N-dealkylation sites (tertiary alicyclic amines) is 1. The predicted octanol–water partition coefficient (Wildman–Crippen LogP) is 1.08. The van der Waals surface area contributed by atoms with Gasteiger partial charge in [0.25, 0.3) is 5.91 Å². The van der Waals surface area contributed by atoms with Gasteiger partial charge in [0.1, 0.15) is 0 Å². The van der Waals surface area contributed by atoms with Crippen LogP contribution in [0.3, 0.4) is 0 Å². The van der Waals surface area contributed by atoms with Crippen LogP contribution in [0.15, 0.2) is 0 Å². The topological polar surface area (TPSA) is 46.3 Å². The molecule has 0 aliphatic carbocycles. The average Bonchev–Trinajstić information content (AvgIpc) is 2.28. The van der Waals surface area contributed by atoms with Crippen molar-refractivity contribution in [2.45, 2.75) is 25.2 Å². The van der Waals surface area contributed by atoms with Gasteiger partial charge in [0.2, 0.25) is 0 Å². The summed E-state index contributed by atoms with van der Waals surface area (Å²) in [6, 6.07) is 0. The maximum absolute atomic E-state index is 12.7. The van der Waals surface area contributed by atoms with Crippen LogP contribution in [0.4, 0.5) is 17.6 Å². The fourth-order valence-corrected chi connectivity index (χ4v) is 1.68. The molecule has 3 nitrogen and oxygen atoms in total. The van der Waals surface area contributed by atoms with Crippen LogP contribution in [0.1, 0.15) is 12.8 Å². The lowest BCUT2D eigenvalue weighted by atomic mass is 9.97. The van der Waals surface area contributed by atoms with Crippen LogP contribution in [-0.2, 0) is 4.79 Å². The zero-order valence-corrected chi connectivity index (χ0v) is 8.63. The summed E-state index contributed by atoms with van der Waals surface area (Å²) in [5.41, 5.74) is 5.39. The molecule has 1 rings (SSSR count). The molecule has 0 aromatic rings. The lowest BCUT2D eigenvalue weighted by Gasteiger charge is -2.33. The van der Waals surface area contributed by atoms with Gasteiger partial charge < -0.3 is 10.6 Å². The molecule has 94 valence electrons. The molecule has 0 bridgehead atoms. The number of hydrogen-bond acceptors (Lipinski definition) is 2. The lowest BCUT2D eigenvalue weighted by Crippen LogP contribution is -2.50. The zero-order valence-electron chi connectivity index (χ0n) is 8.63. The van der Waals surface area contributed by atoms with E-state index in [0.29, 0.717) is 19.4 Å². The van der Waals surface area contributed by atoms with E-state index in [9.17, 15) is 22.4 Å². The molecular weight excluding hydrogens is 228 g/mol. The molecule has 16 heavy (non-hydrogen) atoms. The molecule has 0 aromatic carbocycles. The molecule has 1 amide bonds. The third-order valence-corrected chi connectivity index (χ3v) is 2.79. The van der Waals surface area contributed by atoms with Gasteiger partial charge in [-0.25, -0.2) is 8.78 Å². The van der Waals surface area contributed by atoms with Gasteiger partial charge in [-0.2, -0.15) is 8.78 Å². The molecule has 0 aromatic heterocycles. The van der Waals surface area contributed by atoms with E-state index in [1.54, 1.807) is 0 Å². The third-order valence-electron chi connectivity index (χ3n) is 2.79. The number of hydrogen-bond donors (Lipinski definition) is 1. The van der Waals surface area contributed by atoms with Crippen molar-refractivity contribution in [1.82, 2.24) is 4.90 Å². The van der Waals surface area contributed by atoms with Crippen LogP contribution >= 0.6 is 0 Å². The van der Waals surface area contributed by atoms with Crippen molar-refractivity contribution < 1.29 is 22.4 Å². The molecule has 1 saturated heterocycles. The van der Waals surface area contributed by atoms with Gasteiger partial charge in [-0.1, -0.05) is 0 Å². The van der Waals surface area contributed by atoms with Crippen LogP contribution in [-0.4, -0.2) is 42.8 Å². The molecule has 2 N–H and O–H groups in total. The SMILES string of the molecule is NCC1CCN(C(=O)C(F)(F)C(F)F)CC1. The molecule has 0 unspecified atom stereocenters. The predicted molar refractivity (Wildman–Crippen MR) is 49.3 cm³/mol. The van der Waals surface area contributed by atoms with Crippen molar-refractivity contribution in [1.29, 1.82) is 0 Å². The second-order valence-electron chi connectivity index (χ2n) is 3.89. The van der Waals surface area contributed by atoms with Crippen molar-refractivity contribution in [3.63, 3.8) is 0 Å². The number of carbonyl (C=O) groups is 1. The number of rotatable bonds is 3. The summed E-state index contributed by atoms with van der Waals surface area (Å²) in [5, 5.41) is 0. The van der Waals surface area contributed by atoms with Crippen molar-refractivity contribution in [3.8, 4) is 0 Å². The third kappa shape index (κ3) is 2.63. The van der Waals surface area contributed by atoms with Gasteiger partial charge >= 0.3 is 12.3 Å². The van der Waals surface area contributed by atoms with E-state index in [1.807, 2.05) is 0 Å². The van der Waals surface area contributed by atoms with Gasteiger partial charge in [0, 0.05) is 13.1 Å². The highest BCUT2D eigenvalue weighted by atomic mass is 19.3. The zero-order chi connectivity index (χ0) is 12.3. The van der Waals surface area contributed by atoms with E-state index in [1.165, 1.54) is 0 Å². The first-order valence-corrected chi connectivity index (χ1v) is 5.05. The highest BCUT2D eigenvalue weighted by Crippen LogP contribution is 2.27. The van der Waals surface area contributed by atoms with Gasteiger partial charge in [-0.3, -0.25) is 4.79 Å². The Balaban J connectivity index is 2.57. The molecule has 1 aliphatic rings. The smallest absolute Gasteiger partial charge is 0.337 e. The van der Waals surface area contributed by atoms with Crippen molar-refractivity contribution in [3.05, 3.63) is 0 Å². The highest BCUT2D eigenvalue weighted by Gasteiger charge is 2.51. The summed E-state index contributed by atoms with van der Waals surface area (Å²) in [5.74, 6) is -6.17. The van der Waals surface area contributed by atoms with E-state index in [4.69, 9.17) is 5.73 Å². The Bertz CT molecular complexity index is 252. The highest BCUT2D eigenvalue weighted by molar-refractivity contribution is 5.84. The van der Waals surface area contributed by atoms with Crippen LogP contribution in [0.5, 0.6) is 0 Å². The summed E-state index contributed by atoms with van der Waals surface area (Å²) in [4.78, 5) is 11.9. The van der Waals surface area contributed by atoms with Crippen molar-refractivity contribution in [2.24, 2.45) is 11.7 Å². The van der Waals surface area contributed by atoms with Crippen LogP contribution < -0.4 is 5.73 Å². The van der Waals surface area contributed by atoms with E-state index in [0.717, 1.165) is 4.90 Å². The largest absolute Gasteiger partial charge is 0.383 e. The molecule has 7 heteroatoms. The number of nitrogens with zero attached hydrogens (tertiary/aromatic N) is 1. The van der Waals surface area contributed by atoms with Crippen molar-refractivity contribution >= 4 is 5.91 Å². The minimum Gasteiger partial charge on any atom is -0.337 e. The number of halogens is 4. The lowest BCUT2D eigenvalue weighted by molar-refractivity contribution is -0.181. The molecule has 1 aliphatic heterocycles. The fraction of sp³-hybridized carbons (Fsp3) is 0.889. The van der Waals surface area contributed by atoms with Crippen LogP contribution in [0.2, 0.25) is 0 Å². The molecular formula is C9H14F4N2O. The summed E-state index contributed by atoms with van der Waals surface area (Å²) in [6.07, 6.45) is -2.98. The minimum atomic E-state index is -4.57. The second kappa shape index (κ2) is 4.99. The van der Waals surface area contributed by atoms with Gasteiger partial charge in [0.15, 0.2) is 0 Å². The molecule has 0 atom stereocenters. The number of alkyl halides is 4. The van der Waals surface area contributed by atoms with Crippen LogP contribution in [0.25, 0.3) is 0 Å². The maximum atomic E-state index is 12.7. The number of piperidine rings is 1. The summed E-state index contributed by atoms with van der Waals surface area (Å²) < 4.78 is 49.4. The molecule has 0 saturated carbocycles. The standard InChI is InChI=1S/C9H14F4N2O/c10-7(11)9(12,13)8(16)15-3-1-6(5-14)2-4-15/h6-7H,1-5,14H2. The Labute approximate surface area is 90.6 Å². The molecule has 0 spiro atoms. The molecule has 0 radical (unpaired) electrons. The van der Waals surface area contributed by atoms with E-state index in [2.05, 4.69) is 0 Å². The number of carbonyl (C=O) groups excluding carboxylic acids is 1. The second-order valence-corrected chi connectivity index (χ2v) is 3.89. The Kier molecular flexibility index (Phi) is 4.12. The molecule has 1 fully saturated rings. The van der Waals surface area contributed by atoms with Gasteiger partial charge in [-0.15, -0.1) is 0 Å². The van der Waals surface area contributed by atoms with Crippen LogP contribution in [0, 0.1) is 5.92 Å². The maximum Gasteiger partial charge on any atom is 0.383 e. The first-order chi connectivity index (χ1) is 7.39. The quantitative estimate of drug-likeness (QED) is 0.753. The fourth-order valence-electron chi connectivity index (χ4n) is 1.68. The monoisotopic (exact) mass is 242 g/mol. The molecule has 1 heterocycles. The van der Waals surface area contributed by atoms with E-state index >= 15 is 0 Å². The minimum absolute atomic E-state index is 0.0724. The normalized spacial score (nSPS) is 19.2. The van der Waals surface area contributed by atoms with Gasteiger partial charge in [-0.05, 0) is 25.3 Å². The Morgan fingerprint density at radius 1 is 1.38 bits per heavy atom. The number of amides is 1. The Morgan fingerprint density at radius 2 is 1.88 bits per heavy atom. The average molecular weight is 242 g/mol. The summed E-state index contributed by atoms with van der Waals surface area (Å²) in [6.45, 7) is 0.569.